The molecule has 0 radical (unpaired) electrons. The lowest BCUT2D eigenvalue weighted by Gasteiger charge is -2.18. The number of benzene rings is 8. The zero-order valence-corrected chi connectivity index (χ0v) is 23.0. The molecule has 0 amide bonds. The molecular weight excluding hydrogens is 520 g/mol. The fraction of sp³-hybridized carbons (Fsp3) is 0. The molecule has 43 heavy (non-hydrogen) atoms. The first-order valence-corrected chi connectivity index (χ1v) is 14.4. The lowest BCUT2D eigenvalue weighted by atomic mass is 9.85. The summed E-state index contributed by atoms with van der Waals surface area (Å²) in [7, 11) is 0. The predicted octanol–water partition coefficient (Wildman–Crippen LogP) is 12.0. The minimum Gasteiger partial charge on any atom is -0.456 e. The highest BCUT2D eigenvalue weighted by Crippen LogP contribution is 2.45. The summed E-state index contributed by atoms with van der Waals surface area (Å²) in [5, 5.41) is 8.95. The van der Waals surface area contributed by atoms with Crippen LogP contribution >= 0.6 is 0 Å². The SMILES string of the molecule is [2H]c1c([2H])c([2H])c(-c2ccc(-c3c4ccccc4c(-c4ccc5oc6cc7ccccc7cc6c5c4)c4ccccc34)cc2)c([2H])c1[2H]. The highest BCUT2D eigenvalue weighted by Gasteiger charge is 2.18. The minimum absolute atomic E-state index is 0.202. The topological polar surface area (TPSA) is 13.1 Å². The normalized spacial score (nSPS) is 13.3. The number of fused-ring (bicyclic) bond motifs is 6. The van der Waals surface area contributed by atoms with Crippen molar-refractivity contribution >= 4 is 54.3 Å². The Bertz CT molecular complexity index is 2690. The van der Waals surface area contributed by atoms with Crippen molar-refractivity contribution < 1.29 is 11.3 Å². The van der Waals surface area contributed by atoms with Gasteiger partial charge in [0.15, 0.2) is 0 Å². The fourth-order valence-electron chi connectivity index (χ4n) is 6.57. The summed E-state index contributed by atoms with van der Waals surface area (Å²) < 4.78 is 47.5. The van der Waals surface area contributed by atoms with E-state index in [1.807, 2.05) is 30.3 Å². The van der Waals surface area contributed by atoms with Crippen molar-refractivity contribution in [3.05, 3.63) is 158 Å². The van der Waals surface area contributed by atoms with Crippen LogP contribution in [0.15, 0.2) is 162 Å². The van der Waals surface area contributed by atoms with Gasteiger partial charge in [-0.25, -0.2) is 0 Å². The van der Waals surface area contributed by atoms with Gasteiger partial charge in [0.25, 0.3) is 0 Å². The number of rotatable bonds is 3. The third-order valence-electron chi connectivity index (χ3n) is 8.52. The van der Waals surface area contributed by atoms with Crippen molar-refractivity contribution in [1.82, 2.24) is 0 Å². The Balaban J connectivity index is 1.26. The molecule has 1 aromatic heterocycles. The first kappa shape index (κ1) is 19.5. The van der Waals surface area contributed by atoms with Gasteiger partial charge in [-0.2, -0.15) is 0 Å². The smallest absolute Gasteiger partial charge is 0.136 e. The molecule has 0 N–H and O–H groups in total. The first-order valence-electron chi connectivity index (χ1n) is 16.9. The second-order valence-corrected chi connectivity index (χ2v) is 10.9. The van der Waals surface area contributed by atoms with E-state index in [9.17, 15) is 0 Å². The van der Waals surface area contributed by atoms with Crippen molar-refractivity contribution in [2.45, 2.75) is 0 Å². The molecule has 1 heteroatoms. The predicted molar refractivity (Wildman–Crippen MR) is 183 cm³/mol. The van der Waals surface area contributed by atoms with Crippen molar-refractivity contribution in [2.24, 2.45) is 0 Å². The molecule has 200 valence electrons. The lowest BCUT2D eigenvalue weighted by Crippen LogP contribution is -1.91. The average Bonchev–Trinajstić information content (AvgIpc) is 3.48. The largest absolute Gasteiger partial charge is 0.456 e. The highest BCUT2D eigenvalue weighted by atomic mass is 16.3. The Kier molecular flexibility index (Phi) is 4.27. The quantitative estimate of drug-likeness (QED) is 0.199. The van der Waals surface area contributed by atoms with E-state index < -0.39 is 6.04 Å². The molecule has 8 aromatic carbocycles. The Morgan fingerprint density at radius 1 is 0.372 bits per heavy atom. The monoisotopic (exact) mass is 551 g/mol. The van der Waals surface area contributed by atoms with Crippen LogP contribution in [0.4, 0.5) is 0 Å². The van der Waals surface area contributed by atoms with E-state index >= 15 is 0 Å². The fourth-order valence-corrected chi connectivity index (χ4v) is 6.57. The molecule has 0 spiro atoms. The van der Waals surface area contributed by atoms with Gasteiger partial charge < -0.3 is 4.42 Å². The highest BCUT2D eigenvalue weighted by molar-refractivity contribution is 6.22. The standard InChI is InChI=1S/C42H26O/c1-2-10-27(11-3-1)28-18-20-29(21-19-28)41-33-14-6-8-16-35(33)42(36-17-9-7-15-34(36)41)32-22-23-39-37(25-32)38-24-30-12-4-5-13-31(30)26-40(38)43-39/h1-26H/i1D,2D,3D,10D,11D. The summed E-state index contributed by atoms with van der Waals surface area (Å²) in [5.41, 5.74) is 6.83. The molecule has 0 saturated carbocycles. The summed E-state index contributed by atoms with van der Waals surface area (Å²) >= 11 is 0. The average molecular weight is 552 g/mol. The maximum absolute atomic E-state index is 8.45. The van der Waals surface area contributed by atoms with E-state index in [0.29, 0.717) is 5.56 Å². The molecule has 0 atom stereocenters. The zero-order valence-electron chi connectivity index (χ0n) is 28.0. The van der Waals surface area contributed by atoms with E-state index in [1.165, 1.54) is 5.39 Å². The van der Waals surface area contributed by atoms with Crippen LogP contribution < -0.4 is 0 Å². The van der Waals surface area contributed by atoms with Crippen molar-refractivity contribution in [2.75, 3.05) is 0 Å². The second kappa shape index (κ2) is 9.44. The van der Waals surface area contributed by atoms with Gasteiger partial charge in [-0.3, -0.25) is 0 Å². The third-order valence-corrected chi connectivity index (χ3v) is 8.52. The number of hydrogen-bond acceptors (Lipinski definition) is 1. The van der Waals surface area contributed by atoms with Crippen LogP contribution in [-0.2, 0) is 0 Å². The van der Waals surface area contributed by atoms with Gasteiger partial charge in [0, 0.05) is 10.8 Å². The van der Waals surface area contributed by atoms with Gasteiger partial charge >= 0.3 is 0 Å². The molecule has 0 saturated heterocycles. The van der Waals surface area contributed by atoms with E-state index in [2.05, 4.69) is 97.1 Å². The molecule has 9 rings (SSSR count). The maximum Gasteiger partial charge on any atom is 0.136 e. The summed E-state index contributed by atoms with van der Waals surface area (Å²) in [5.74, 6) is 0. The summed E-state index contributed by atoms with van der Waals surface area (Å²) in [4.78, 5) is 0. The van der Waals surface area contributed by atoms with Gasteiger partial charge in [-0.05, 0) is 90.0 Å². The van der Waals surface area contributed by atoms with Crippen molar-refractivity contribution in [3.63, 3.8) is 0 Å². The molecule has 0 aliphatic heterocycles. The molecule has 0 unspecified atom stereocenters. The van der Waals surface area contributed by atoms with Crippen LogP contribution in [0.1, 0.15) is 6.85 Å². The molecule has 0 aliphatic carbocycles. The Labute approximate surface area is 256 Å². The minimum atomic E-state index is -0.392. The van der Waals surface area contributed by atoms with Gasteiger partial charge in [0.1, 0.15) is 11.2 Å². The van der Waals surface area contributed by atoms with Crippen LogP contribution in [0.3, 0.4) is 0 Å². The van der Waals surface area contributed by atoms with E-state index in [4.69, 9.17) is 11.3 Å². The van der Waals surface area contributed by atoms with E-state index in [0.717, 1.165) is 71.1 Å². The van der Waals surface area contributed by atoms with Crippen LogP contribution in [0.2, 0.25) is 0 Å². The van der Waals surface area contributed by atoms with Crippen molar-refractivity contribution in [3.8, 4) is 33.4 Å². The molecule has 1 nitrogen and oxygen atoms in total. The van der Waals surface area contributed by atoms with E-state index in [1.54, 1.807) is 0 Å². The van der Waals surface area contributed by atoms with E-state index in [-0.39, 0.29) is 29.7 Å². The Morgan fingerprint density at radius 3 is 1.53 bits per heavy atom. The molecule has 9 aromatic rings. The number of hydrogen-bond donors (Lipinski definition) is 0. The first-order chi connectivity index (χ1) is 23.4. The Hall–Kier alpha value is -5.66. The van der Waals surface area contributed by atoms with Gasteiger partial charge in [-0.15, -0.1) is 0 Å². The summed E-state index contributed by atoms with van der Waals surface area (Å²) in [6.45, 7) is 0. The molecule has 0 fully saturated rings. The van der Waals surface area contributed by atoms with Gasteiger partial charge in [0.2, 0.25) is 0 Å². The molecule has 0 aliphatic rings. The van der Waals surface area contributed by atoms with Crippen LogP contribution in [0.25, 0.3) is 87.6 Å². The molecule has 0 bridgehead atoms. The van der Waals surface area contributed by atoms with Crippen LogP contribution in [-0.4, -0.2) is 0 Å². The van der Waals surface area contributed by atoms with Crippen LogP contribution in [0.5, 0.6) is 0 Å². The molecule has 1 heterocycles. The second-order valence-electron chi connectivity index (χ2n) is 10.9. The van der Waals surface area contributed by atoms with Crippen molar-refractivity contribution in [1.29, 1.82) is 0 Å². The lowest BCUT2D eigenvalue weighted by molar-refractivity contribution is 0.669. The zero-order chi connectivity index (χ0) is 32.7. The molecular formula is C42H26O. The Morgan fingerprint density at radius 2 is 0.884 bits per heavy atom. The summed E-state index contributed by atoms with van der Waals surface area (Å²) in [6.07, 6.45) is 0. The van der Waals surface area contributed by atoms with Gasteiger partial charge in [-0.1, -0.05) is 133 Å². The third kappa shape index (κ3) is 3.79. The number of furan rings is 1. The van der Waals surface area contributed by atoms with Crippen LogP contribution in [0, 0.1) is 0 Å². The van der Waals surface area contributed by atoms with Gasteiger partial charge in [0.05, 0.1) is 6.85 Å². The summed E-state index contributed by atoms with van der Waals surface area (Å²) in [6, 6.07) is 42.3. The maximum atomic E-state index is 8.45.